The molecule has 2 aliphatic carbocycles. The summed E-state index contributed by atoms with van der Waals surface area (Å²) < 4.78 is 38.9. The second-order valence-electron chi connectivity index (χ2n) is 12.8. The van der Waals surface area contributed by atoms with E-state index >= 15 is 0 Å². The summed E-state index contributed by atoms with van der Waals surface area (Å²) >= 11 is 6.27. The van der Waals surface area contributed by atoms with E-state index in [1.807, 2.05) is 20.8 Å². The Morgan fingerprint density at radius 3 is 2.55 bits per heavy atom. The van der Waals surface area contributed by atoms with E-state index in [0.717, 1.165) is 5.39 Å². The van der Waals surface area contributed by atoms with Crippen LogP contribution in [-0.2, 0) is 24.4 Å². The van der Waals surface area contributed by atoms with Crippen LogP contribution in [0.5, 0.6) is 11.6 Å². The van der Waals surface area contributed by atoms with Gasteiger partial charge in [-0.1, -0.05) is 38.4 Å². The molecular formula is C30H38ClN5O7S. The maximum atomic E-state index is 13.9. The number of hydrogen-bond acceptors (Lipinski definition) is 9. The van der Waals surface area contributed by atoms with Crippen molar-refractivity contribution in [2.75, 3.05) is 13.7 Å². The maximum absolute atomic E-state index is 13.9. The summed E-state index contributed by atoms with van der Waals surface area (Å²) in [7, 11) is -2.32. The number of carbonyl (C=O) groups is 3. The summed E-state index contributed by atoms with van der Waals surface area (Å²) in [6.07, 6.45) is 3.56. The number of ether oxygens (including phenoxy) is 2. The number of sulfonamides is 1. The zero-order chi connectivity index (χ0) is 32.2. The number of carbonyl (C=O) groups excluding carboxylic acids is 3. The summed E-state index contributed by atoms with van der Waals surface area (Å²) in [5.74, 6) is -1.60. The van der Waals surface area contributed by atoms with Gasteiger partial charge in [0.15, 0.2) is 0 Å². The molecular weight excluding hydrogens is 610 g/mol. The molecule has 5 rings (SSSR count). The number of halogens is 1. The molecule has 3 fully saturated rings. The van der Waals surface area contributed by atoms with Gasteiger partial charge in [0, 0.05) is 28.1 Å². The SMILES string of the molecule is C=CC1CC1(NC(=O)C1CC(Oc2ncc(OC)c3ccc(Cl)cc23)CN1C(=O)C(N)C(C)(C)C)C(=O)NS(=O)(=O)C1CC1. The fourth-order valence-corrected chi connectivity index (χ4v) is 7.06. The average Bonchev–Trinajstić information content (AvgIpc) is 3.88. The van der Waals surface area contributed by atoms with E-state index in [2.05, 4.69) is 21.6 Å². The van der Waals surface area contributed by atoms with Crippen molar-refractivity contribution in [3.63, 3.8) is 0 Å². The predicted octanol–water partition coefficient (Wildman–Crippen LogP) is 2.29. The minimum atomic E-state index is -3.85. The van der Waals surface area contributed by atoms with Gasteiger partial charge < -0.3 is 25.4 Å². The molecule has 2 saturated carbocycles. The fourth-order valence-electron chi connectivity index (χ4n) is 5.52. The Labute approximate surface area is 261 Å². The van der Waals surface area contributed by atoms with Crippen molar-refractivity contribution in [1.82, 2.24) is 19.9 Å². The monoisotopic (exact) mass is 647 g/mol. The quantitative estimate of drug-likeness (QED) is 0.327. The zero-order valence-corrected chi connectivity index (χ0v) is 26.7. The molecule has 0 bridgehead atoms. The van der Waals surface area contributed by atoms with Crippen LogP contribution in [0.4, 0.5) is 0 Å². The average molecular weight is 648 g/mol. The van der Waals surface area contributed by atoms with Crippen LogP contribution in [0, 0.1) is 11.3 Å². The van der Waals surface area contributed by atoms with E-state index < -0.39 is 68.1 Å². The molecule has 0 spiro atoms. The Morgan fingerprint density at radius 1 is 1.25 bits per heavy atom. The second-order valence-corrected chi connectivity index (χ2v) is 15.2. The van der Waals surface area contributed by atoms with E-state index in [9.17, 15) is 22.8 Å². The lowest BCUT2D eigenvalue weighted by molar-refractivity contribution is -0.142. The second kappa shape index (κ2) is 11.5. The molecule has 14 heteroatoms. The topological polar surface area (TPSA) is 170 Å². The van der Waals surface area contributed by atoms with Gasteiger partial charge in [-0.15, -0.1) is 6.58 Å². The number of likely N-dealkylation sites (tertiary alicyclic amines) is 1. The Hall–Kier alpha value is -3.42. The molecule has 1 aromatic heterocycles. The predicted molar refractivity (Wildman–Crippen MR) is 165 cm³/mol. The number of nitrogens with two attached hydrogens (primary N) is 1. The summed E-state index contributed by atoms with van der Waals surface area (Å²) in [6, 6.07) is 3.22. The molecule has 1 aromatic carbocycles. The van der Waals surface area contributed by atoms with Crippen LogP contribution in [0.1, 0.15) is 46.5 Å². The number of benzene rings is 1. The van der Waals surface area contributed by atoms with Crippen LogP contribution in [0.2, 0.25) is 5.02 Å². The first-order chi connectivity index (χ1) is 20.6. The third-order valence-electron chi connectivity index (χ3n) is 8.57. The van der Waals surface area contributed by atoms with Gasteiger partial charge in [0.05, 0.1) is 31.1 Å². The molecule has 238 valence electrons. The normalized spacial score (nSPS) is 25.7. The smallest absolute Gasteiger partial charge is 0.259 e. The number of aromatic nitrogens is 1. The van der Waals surface area contributed by atoms with Crippen LogP contribution in [0.25, 0.3) is 10.8 Å². The molecule has 5 unspecified atom stereocenters. The Kier molecular flexibility index (Phi) is 8.36. The molecule has 2 aromatic rings. The fraction of sp³-hybridized carbons (Fsp3) is 0.533. The molecule has 0 radical (unpaired) electrons. The number of fused-ring (bicyclic) bond motifs is 1. The lowest BCUT2D eigenvalue weighted by atomic mass is 9.86. The van der Waals surface area contributed by atoms with Crippen molar-refractivity contribution in [2.24, 2.45) is 17.1 Å². The van der Waals surface area contributed by atoms with Crippen molar-refractivity contribution in [2.45, 2.75) is 75.4 Å². The van der Waals surface area contributed by atoms with Crippen LogP contribution >= 0.6 is 11.6 Å². The van der Waals surface area contributed by atoms with E-state index in [1.165, 1.54) is 24.3 Å². The third-order valence-corrected chi connectivity index (χ3v) is 10.6. The molecule has 2 heterocycles. The first-order valence-electron chi connectivity index (χ1n) is 14.5. The maximum Gasteiger partial charge on any atom is 0.259 e. The van der Waals surface area contributed by atoms with Gasteiger partial charge in [-0.05, 0) is 42.9 Å². The molecule has 4 N–H and O–H groups in total. The number of nitrogens with zero attached hydrogens (tertiary/aromatic N) is 2. The number of hydrogen-bond donors (Lipinski definition) is 3. The standard InChI is InChI=1S/C30H38ClN5O7S/c1-6-16-13-30(16,28(39)35-44(40,41)19-8-9-19)34-25(37)22-12-18(15-36(22)27(38)24(32)29(2,3)4)43-26-21-11-17(31)7-10-20(21)23(42-5)14-33-26/h6-7,10-11,14,16,18-19,22,24H,1,8-9,12-13,15,32H2,2-5H3,(H,34,37)(H,35,39). The number of methoxy groups -OCH3 is 1. The van der Waals surface area contributed by atoms with Gasteiger partial charge in [-0.2, -0.15) is 0 Å². The van der Waals surface area contributed by atoms with Crippen LogP contribution < -0.4 is 25.2 Å². The van der Waals surface area contributed by atoms with Crippen molar-refractivity contribution >= 4 is 50.1 Å². The largest absolute Gasteiger partial charge is 0.494 e. The highest BCUT2D eigenvalue weighted by Crippen LogP contribution is 2.45. The first-order valence-corrected chi connectivity index (χ1v) is 16.4. The van der Waals surface area contributed by atoms with E-state index in [0.29, 0.717) is 29.0 Å². The number of amides is 3. The minimum absolute atomic E-state index is 0.0244. The molecule has 1 saturated heterocycles. The summed E-state index contributed by atoms with van der Waals surface area (Å²) in [5.41, 5.74) is 4.24. The van der Waals surface area contributed by atoms with Gasteiger partial charge in [0.25, 0.3) is 5.91 Å². The lowest BCUT2D eigenvalue weighted by Gasteiger charge is -2.33. The van der Waals surface area contributed by atoms with Crippen molar-refractivity contribution in [1.29, 1.82) is 0 Å². The zero-order valence-electron chi connectivity index (χ0n) is 25.1. The van der Waals surface area contributed by atoms with Crippen molar-refractivity contribution in [3.8, 4) is 11.6 Å². The number of rotatable bonds is 10. The molecule has 3 amide bonds. The van der Waals surface area contributed by atoms with Gasteiger partial charge in [0.1, 0.15) is 23.4 Å². The highest BCUT2D eigenvalue weighted by Gasteiger charge is 2.62. The minimum Gasteiger partial charge on any atom is -0.494 e. The van der Waals surface area contributed by atoms with E-state index in [4.69, 9.17) is 26.8 Å². The van der Waals surface area contributed by atoms with E-state index in [-0.39, 0.29) is 25.3 Å². The van der Waals surface area contributed by atoms with Gasteiger partial charge in [-0.25, -0.2) is 13.4 Å². The summed E-state index contributed by atoms with van der Waals surface area (Å²) in [4.78, 5) is 46.6. The van der Waals surface area contributed by atoms with Crippen LogP contribution in [0.15, 0.2) is 37.1 Å². The molecule has 1 aliphatic heterocycles. The lowest BCUT2D eigenvalue weighted by Crippen LogP contribution is -2.59. The van der Waals surface area contributed by atoms with Crippen LogP contribution in [0.3, 0.4) is 0 Å². The Morgan fingerprint density at radius 2 is 1.95 bits per heavy atom. The van der Waals surface area contributed by atoms with E-state index in [1.54, 1.807) is 18.2 Å². The highest BCUT2D eigenvalue weighted by molar-refractivity contribution is 7.91. The molecule has 5 atom stereocenters. The molecule has 44 heavy (non-hydrogen) atoms. The Bertz CT molecular complexity index is 1620. The van der Waals surface area contributed by atoms with Crippen molar-refractivity contribution < 1.29 is 32.3 Å². The van der Waals surface area contributed by atoms with Gasteiger partial charge in [-0.3, -0.25) is 19.1 Å². The third kappa shape index (κ3) is 6.09. The van der Waals surface area contributed by atoms with Crippen molar-refractivity contribution in [3.05, 3.63) is 42.1 Å². The Balaban J connectivity index is 1.42. The van der Waals surface area contributed by atoms with Crippen LogP contribution in [-0.4, -0.2) is 78.7 Å². The first kappa shape index (κ1) is 32.0. The van der Waals surface area contributed by atoms with Gasteiger partial charge in [0.2, 0.25) is 27.7 Å². The highest BCUT2D eigenvalue weighted by atomic mass is 35.5. The van der Waals surface area contributed by atoms with Gasteiger partial charge >= 0.3 is 0 Å². The summed E-state index contributed by atoms with van der Waals surface area (Å²) in [6.45, 7) is 9.23. The molecule has 3 aliphatic rings. The summed E-state index contributed by atoms with van der Waals surface area (Å²) in [5, 5.41) is 3.92. The number of nitrogens with one attached hydrogen (secondary N) is 2. The molecule has 12 nitrogen and oxygen atoms in total. The number of pyridine rings is 1.